The molecule has 96 valence electrons. The summed E-state index contributed by atoms with van der Waals surface area (Å²) in [6.45, 7) is 6.45. The lowest BCUT2D eigenvalue weighted by molar-refractivity contribution is 0.0963. The first-order valence-electron chi connectivity index (χ1n) is 6.63. The molecule has 3 heteroatoms. The smallest absolute Gasteiger partial charge is 0.232 e. The first kappa shape index (κ1) is 12.9. The number of nitriles is 1. The molecule has 0 amide bonds. The minimum Gasteiger partial charge on any atom is -0.473 e. The Hall–Kier alpha value is -1.56. The van der Waals surface area contributed by atoms with Crippen molar-refractivity contribution < 1.29 is 4.74 Å². The van der Waals surface area contributed by atoms with E-state index < -0.39 is 0 Å². The summed E-state index contributed by atoms with van der Waals surface area (Å²) in [5.74, 6) is 1.88. The van der Waals surface area contributed by atoms with Crippen molar-refractivity contribution in [2.75, 3.05) is 0 Å². The lowest BCUT2D eigenvalue weighted by Crippen LogP contribution is -2.29. The number of ether oxygens (including phenoxy) is 1. The standard InChI is InChI=1S/C15H20N2O/c1-10-6-11(2)8-14(7-10)18-15-13(9-16)5-4-12(3)17-15/h4-5,10-11,14H,6-8H2,1-3H3. The molecule has 1 heterocycles. The molecule has 0 aromatic carbocycles. The highest BCUT2D eigenvalue weighted by atomic mass is 16.5. The molecule has 0 radical (unpaired) electrons. The minimum atomic E-state index is 0.199. The van der Waals surface area contributed by atoms with Gasteiger partial charge in [-0.3, -0.25) is 0 Å². The molecule has 0 bridgehead atoms. The van der Waals surface area contributed by atoms with Crippen LogP contribution in [0.15, 0.2) is 12.1 Å². The number of nitrogens with zero attached hydrogens (tertiary/aromatic N) is 2. The average molecular weight is 244 g/mol. The van der Waals surface area contributed by atoms with E-state index in [9.17, 15) is 0 Å². The highest BCUT2D eigenvalue weighted by Gasteiger charge is 2.26. The summed E-state index contributed by atoms with van der Waals surface area (Å²) in [7, 11) is 0. The quantitative estimate of drug-likeness (QED) is 0.800. The second-order valence-electron chi connectivity index (χ2n) is 5.57. The highest BCUT2D eigenvalue weighted by Crippen LogP contribution is 2.31. The van der Waals surface area contributed by atoms with Crippen molar-refractivity contribution >= 4 is 0 Å². The molecule has 2 atom stereocenters. The van der Waals surface area contributed by atoms with Crippen LogP contribution in [-0.2, 0) is 0 Å². The van der Waals surface area contributed by atoms with Crippen LogP contribution in [0.25, 0.3) is 0 Å². The van der Waals surface area contributed by atoms with Gasteiger partial charge in [-0.2, -0.15) is 5.26 Å². The summed E-state index contributed by atoms with van der Waals surface area (Å²) in [6.07, 6.45) is 3.59. The molecule has 1 aromatic heterocycles. The Bertz CT molecular complexity index is 454. The average Bonchev–Trinajstić information content (AvgIpc) is 2.27. The molecular weight excluding hydrogens is 224 g/mol. The summed E-state index contributed by atoms with van der Waals surface area (Å²) in [5, 5.41) is 9.07. The maximum Gasteiger partial charge on any atom is 0.232 e. The molecule has 1 aliphatic rings. The fourth-order valence-electron chi connectivity index (χ4n) is 2.84. The SMILES string of the molecule is Cc1ccc(C#N)c(OC2CC(C)CC(C)C2)n1. The van der Waals surface area contributed by atoms with E-state index in [-0.39, 0.29) is 6.10 Å². The maximum absolute atomic E-state index is 9.07. The van der Waals surface area contributed by atoms with Crippen molar-refractivity contribution in [3.63, 3.8) is 0 Å². The van der Waals surface area contributed by atoms with Crippen LogP contribution >= 0.6 is 0 Å². The zero-order chi connectivity index (χ0) is 13.1. The van der Waals surface area contributed by atoms with Crippen LogP contribution in [0.5, 0.6) is 5.88 Å². The first-order chi connectivity index (χ1) is 8.58. The first-order valence-corrected chi connectivity index (χ1v) is 6.63. The van der Waals surface area contributed by atoms with Gasteiger partial charge in [0.25, 0.3) is 0 Å². The molecule has 1 saturated carbocycles. The van der Waals surface area contributed by atoms with Gasteiger partial charge in [0, 0.05) is 5.69 Å². The van der Waals surface area contributed by atoms with Crippen LogP contribution in [0.4, 0.5) is 0 Å². The second kappa shape index (κ2) is 5.39. The van der Waals surface area contributed by atoms with Gasteiger partial charge in [-0.25, -0.2) is 4.98 Å². The van der Waals surface area contributed by atoms with Crippen molar-refractivity contribution in [3.8, 4) is 11.9 Å². The molecular formula is C15H20N2O. The van der Waals surface area contributed by atoms with Gasteiger partial charge in [0.15, 0.2) is 0 Å². The zero-order valence-electron chi connectivity index (χ0n) is 11.3. The van der Waals surface area contributed by atoms with Crippen molar-refractivity contribution in [1.29, 1.82) is 5.26 Å². The highest BCUT2D eigenvalue weighted by molar-refractivity contribution is 5.38. The van der Waals surface area contributed by atoms with Gasteiger partial charge in [-0.15, -0.1) is 0 Å². The van der Waals surface area contributed by atoms with Gasteiger partial charge in [-0.05, 0) is 50.2 Å². The second-order valence-corrected chi connectivity index (χ2v) is 5.57. The van der Waals surface area contributed by atoms with Crippen LogP contribution in [0.3, 0.4) is 0 Å². The van der Waals surface area contributed by atoms with Crippen LogP contribution < -0.4 is 4.74 Å². The summed E-state index contributed by atoms with van der Waals surface area (Å²) in [6, 6.07) is 5.78. The number of rotatable bonds is 2. The van der Waals surface area contributed by atoms with E-state index in [1.807, 2.05) is 13.0 Å². The van der Waals surface area contributed by atoms with E-state index in [0.29, 0.717) is 23.3 Å². The van der Waals surface area contributed by atoms with Crippen molar-refractivity contribution in [2.45, 2.75) is 46.1 Å². The zero-order valence-corrected chi connectivity index (χ0v) is 11.3. The van der Waals surface area contributed by atoms with Crippen LogP contribution in [-0.4, -0.2) is 11.1 Å². The van der Waals surface area contributed by atoms with Gasteiger partial charge >= 0.3 is 0 Å². The van der Waals surface area contributed by atoms with E-state index in [4.69, 9.17) is 10.00 Å². The van der Waals surface area contributed by atoms with Crippen molar-refractivity contribution in [2.24, 2.45) is 11.8 Å². The Morgan fingerprint density at radius 3 is 2.50 bits per heavy atom. The molecule has 1 aromatic rings. The number of pyridine rings is 1. The topological polar surface area (TPSA) is 45.9 Å². The molecule has 0 spiro atoms. The minimum absolute atomic E-state index is 0.199. The van der Waals surface area contributed by atoms with Gasteiger partial charge in [0.1, 0.15) is 17.7 Å². The Kier molecular flexibility index (Phi) is 3.86. The third kappa shape index (κ3) is 3.01. The number of aryl methyl sites for hydroxylation is 1. The van der Waals surface area contributed by atoms with Gasteiger partial charge < -0.3 is 4.74 Å². The van der Waals surface area contributed by atoms with Crippen molar-refractivity contribution in [1.82, 2.24) is 4.98 Å². The summed E-state index contributed by atoms with van der Waals surface area (Å²) < 4.78 is 5.97. The normalized spacial score (nSPS) is 27.6. The Labute approximate surface area is 109 Å². The number of aromatic nitrogens is 1. The lowest BCUT2D eigenvalue weighted by atomic mass is 9.82. The maximum atomic E-state index is 9.07. The number of hydrogen-bond acceptors (Lipinski definition) is 3. The molecule has 2 rings (SSSR count). The third-order valence-electron chi connectivity index (χ3n) is 3.53. The van der Waals surface area contributed by atoms with E-state index in [0.717, 1.165) is 18.5 Å². The van der Waals surface area contributed by atoms with Crippen LogP contribution in [0.2, 0.25) is 0 Å². The molecule has 18 heavy (non-hydrogen) atoms. The fraction of sp³-hybridized carbons (Fsp3) is 0.600. The molecule has 0 aliphatic heterocycles. The monoisotopic (exact) mass is 244 g/mol. The van der Waals surface area contributed by atoms with E-state index in [1.54, 1.807) is 6.07 Å². The third-order valence-corrected chi connectivity index (χ3v) is 3.53. The molecule has 1 fully saturated rings. The number of hydrogen-bond donors (Lipinski definition) is 0. The van der Waals surface area contributed by atoms with E-state index in [1.165, 1.54) is 6.42 Å². The Morgan fingerprint density at radius 1 is 1.22 bits per heavy atom. The molecule has 3 nitrogen and oxygen atoms in total. The predicted octanol–water partition coefficient (Wildman–Crippen LogP) is 3.47. The summed E-state index contributed by atoms with van der Waals surface area (Å²) in [5.41, 5.74) is 1.42. The van der Waals surface area contributed by atoms with E-state index >= 15 is 0 Å². The predicted molar refractivity (Wildman–Crippen MR) is 70.3 cm³/mol. The summed E-state index contributed by atoms with van der Waals surface area (Å²) >= 11 is 0. The van der Waals surface area contributed by atoms with Crippen LogP contribution in [0.1, 0.15) is 44.4 Å². The van der Waals surface area contributed by atoms with E-state index in [2.05, 4.69) is 24.9 Å². The lowest BCUT2D eigenvalue weighted by Gasteiger charge is -2.31. The van der Waals surface area contributed by atoms with Crippen LogP contribution in [0, 0.1) is 30.1 Å². The molecule has 2 unspecified atom stereocenters. The largest absolute Gasteiger partial charge is 0.473 e. The Balaban J connectivity index is 2.13. The van der Waals surface area contributed by atoms with Gasteiger partial charge in [0.2, 0.25) is 5.88 Å². The van der Waals surface area contributed by atoms with Crippen molar-refractivity contribution in [3.05, 3.63) is 23.4 Å². The van der Waals surface area contributed by atoms with Gasteiger partial charge in [-0.1, -0.05) is 13.8 Å². The molecule has 0 N–H and O–H groups in total. The fourth-order valence-corrected chi connectivity index (χ4v) is 2.84. The molecule has 0 saturated heterocycles. The van der Waals surface area contributed by atoms with Gasteiger partial charge in [0.05, 0.1) is 0 Å². The molecule has 1 aliphatic carbocycles. The Morgan fingerprint density at radius 2 is 1.89 bits per heavy atom. The summed E-state index contributed by atoms with van der Waals surface area (Å²) in [4.78, 5) is 4.34.